The van der Waals surface area contributed by atoms with Gasteiger partial charge in [-0.05, 0) is 46.9 Å². The van der Waals surface area contributed by atoms with E-state index < -0.39 is 11.7 Å². The summed E-state index contributed by atoms with van der Waals surface area (Å²) in [6.45, 7) is 0. The number of rotatable bonds is 4. The summed E-state index contributed by atoms with van der Waals surface area (Å²) in [6, 6.07) is 12.0. The minimum Gasteiger partial charge on any atom is -0.496 e. The average Bonchev–Trinajstić information content (AvgIpc) is 3.03. The number of methoxy groups -OCH3 is 1. The third-order valence-electron chi connectivity index (χ3n) is 3.14. The molecule has 0 spiro atoms. The highest BCUT2D eigenvalue weighted by molar-refractivity contribution is 14.1. The number of nitrogens with zero attached hydrogens (tertiary/aromatic N) is 2. The molecule has 0 saturated heterocycles. The maximum absolute atomic E-state index is 13.9. The molecule has 5 nitrogen and oxygen atoms in total. The van der Waals surface area contributed by atoms with Crippen LogP contribution in [0.4, 0.5) is 9.52 Å². The van der Waals surface area contributed by atoms with Crippen molar-refractivity contribution in [2.75, 3.05) is 12.4 Å². The summed E-state index contributed by atoms with van der Waals surface area (Å²) in [6.07, 6.45) is 0. The van der Waals surface area contributed by atoms with Gasteiger partial charge >= 0.3 is 0 Å². The highest BCUT2D eigenvalue weighted by Gasteiger charge is 2.19. The Morgan fingerprint density at radius 3 is 2.79 bits per heavy atom. The molecule has 3 aromatic rings. The van der Waals surface area contributed by atoms with E-state index >= 15 is 0 Å². The average molecular weight is 455 g/mol. The lowest BCUT2D eigenvalue weighted by molar-refractivity contribution is 0.102. The van der Waals surface area contributed by atoms with E-state index in [1.165, 1.54) is 36.6 Å². The fourth-order valence-corrected chi connectivity index (χ4v) is 3.34. The minimum absolute atomic E-state index is 0.161. The van der Waals surface area contributed by atoms with Gasteiger partial charge in [0.2, 0.25) is 5.13 Å². The molecule has 3 rings (SSSR count). The summed E-state index contributed by atoms with van der Waals surface area (Å²) < 4.78 is 20.0. The lowest BCUT2D eigenvalue weighted by Crippen LogP contribution is -2.15. The van der Waals surface area contributed by atoms with Gasteiger partial charge in [-0.25, -0.2) is 4.39 Å². The van der Waals surface area contributed by atoms with Gasteiger partial charge in [0.15, 0.2) is 0 Å². The number of halogens is 2. The number of anilines is 1. The predicted octanol–water partition coefficient (Wildman–Crippen LogP) is 4.21. The minimum atomic E-state index is -0.658. The first-order valence-corrected chi connectivity index (χ1v) is 8.71. The molecule has 122 valence electrons. The van der Waals surface area contributed by atoms with Crippen LogP contribution in [0.2, 0.25) is 0 Å². The maximum Gasteiger partial charge on any atom is 0.264 e. The molecule has 1 N–H and O–H groups in total. The molecule has 0 aliphatic heterocycles. The highest BCUT2D eigenvalue weighted by atomic mass is 127. The molecule has 0 unspecified atom stereocenters. The second-order valence-electron chi connectivity index (χ2n) is 4.69. The van der Waals surface area contributed by atoms with Gasteiger partial charge in [0.1, 0.15) is 22.1 Å². The zero-order chi connectivity index (χ0) is 17.1. The van der Waals surface area contributed by atoms with E-state index in [0.717, 1.165) is 9.13 Å². The van der Waals surface area contributed by atoms with E-state index in [1.807, 2.05) is 24.3 Å². The smallest absolute Gasteiger partial charge is 0.264 e. The SMILES string of the molecule is COc1cccc(F)c1C(=O)Nc1nnc(-c2cccc(I)c2)s1. The number of hydrogen-bond donors (Lipinski definition) is 1. The lowest BCUT2D eigenvalue weighted by atomic mass is 10.2. The number of ether oxygens (including phenoxy) is 1. The van der Waals surface area contributed by atoms with Crippen molar-refractivity contribution in [2.24, 2.45) is 0 Å². The molecular formula is C16H11FIN3O2S. The van der Waals surface area contributed by atoms with Crippen LogP contribution in [0.15, 0.2) is 42.5 Å². The van der Waals surface area contributed by atoms with Crippen LogP contribution in [0.1, 0.15) is 10.4 Å². The van der Waals surface area contributed by atoms with Crippen molar-refractivity contribution in [3.05, 3.63) is 57.4 Å². The number of benzene rings is 2. The van der Waals surface area contributed by atoms with Crippen LogP contribution < -0.4 is 10.1 Å². The van der Waals surface area contributed by atoms with Crippen LogP contribution in [0.3, 0.4) is 0 Å². The van der Waals surface area contributed by atoms with E-state index in [1.54, 1.807) is 0 Å². The van der Waals surface area contributed by atoms with Gasteiger partial charge < -0.3 is 4.74 Å². The maximum atomic E-state index is 13.9. The molecule has 24 heavy (non-hydrogen) atoms. The Kier molecular flexibility index (Phi) is 5.05. The van der Waals surface area contributed by atoms with Gasteiger partial charge in [-0.3, -0.25) is 10.1 Å². The first kappa shape index (κ1) is 16.8. The Labute approximate surface area is 155 Å². The van der Waals surface area contributed by atoms with Crippen molar-refractivity contribution in [1.82, 2.24) is 10.2 Å². The highest BCUT2D eigenvalue weighted by Crippen LogP contribution is 2.28. The molecule has 1 amide bonds. The fourth-order valence-electron chi connectivity index (χ4n) is 2.07. The van der Waals surface area contributed by atoms with Gasteiger partial charge in [-0.2, -0.15) is 0 Å². The first-order chi connectivity index (χ1) is 11.6. The van der Waals surface area contributed by atoms with Crippen molar-refractivity contribution < 1.29 is 13.9 Å². The molecule has 1 heterocycles. The normalized spacial score (nSPS) is 10.5. The van der Waals surface area contributed by atoms with Crippen LogP contribution in [-0.2, 0) is 0 Å². The van der Waals surface area contributed by atoms with Gasteiger partial charge in [0.25, 0.3) is 5.91 Å². The Morgan fingerprint density at radius 2 is 2.04 bits per heavy atom. The second kappa shape index (κ2) is 7.22. The molecule has 1 aromatic heterocycles. The summed E-state index contributed by atoms with van der Waals surface area (Å²) >= 11 is 3.43. The summed E-state index contributed by atoms with van der Waals surface area (Å²) in [7, 11) is 1.38. The van der Waals surface area contributed by atoms with Crippen molar-refractivity contribution >= 4 is 45.0 Å². The number of aromatic nitrogens is 2. The topological polar surface area (TPSA) is 64.1 Å². The third kappa shape index (κ3) is 3.54. The van der Waals surface area contributed by atoms with Crippen LogP contribution in [-0.4, -0.2) is 23.2 Å². The largest absolute Gasteiger partial charge is 0.496 e. The van der Waals surface area contributed by atoms with Gasteiger partial charge in [-0.1, -0.05) is 29.5 Å². The second-order valence-corrected chi connectivity index (χ2v) is 6.92. The van der Waals surface area contributed by atoms with E-state index in [4.69, 9.17) is 4.74 Å². The first-order valence-electron chi connectivity index (χ1n) is 6.82. The molecule has 0 fully saturated rings. The summed E-state index contributed by atoms with van der Waals surface area (Å²) in [4.78, 5) is 12.3. The Morgan fingerprint density at radius 1 is 1.25 bits per heavy atom. The van der Waals surface area contributed by atoms with E-state index in [-0.39, 0.29) is 11.3 Å². The summed E-state index contributed by atoms with van der Waals surface area (Å²) in [5, 5.41) is 11.5. The molecule has 2 aromatic carbocycles. The quantitative estimate of drug-likeness (QED) is 0.599. The molecule has 0 radical (unpaired) electrons. The van der Waals surface area contributed by atoms with Crippen LogP contribution in [0.25, 0.3) is 10.6 Å². The Bertz CT molecular complexity index is 901. The molecule has 0 aliphatic carbocycles. The van der Waals surface area contributed by atoms with Gasteiger partial charge in [0, 0.05) is 9.13 Å². The number of amides is 1. The molecule has 0 atom stereocenters. The standard InChI is InChI=1S/C16H11FIN3O2S/c1-23-12-7-3-6-11(17)13(12)14(22)19-16-21-20-15(24-16)9-4-2-5-10(18)8-9/h2-8H,1H3,(H,19,21,22). The molecule has 0 aliphatic rings. The van der Waals surface area contributed by atoms with E-state index in [2.05, 4.69) is 38.1 Å². The number of carbonyl (C=O) groups is 1. The van der Waals surface area contributed by atoms with Crippen molar-refractivity contribution in [2.45, 2.75) is 0 Å². The van der Waals surface area contributed by atoms with Gasteiger partial charge in [0.05, 0.1) is 7.11 Å². The Balaban J connectivity index is 1.84. The van der Waals surface area contributed by atoms with Crippen LogP contribution >= 0.6 is 33.9 Å². The predicted molar refractivity (Wildman–Crippen MR) is 99.0 cm³/mol. The number of carbonyl (C=O) groups excluding carboxylic acids is 1. The fraction of sp³-hybridized carbons (Fsp3) is 0.0625. The Hall–Kier alpha value is -2.07. The van der Waals surface area contributed by atoms with E-state index in [9.17, 15) is 9.18 Å². The number of hydrogen-bond acceptors (Lipinski definition) is 5. The molecule has 8 heteroatoms. The summed E-state index contributed by atoms with van der Waals surface area (Å²) in [5.74, 6) is -1.13. The lowest BCUT2D eigenvalue weighted by Gasteiger charge is -2.08. The van der Waals surface area contributed by atoms with E-state index in [0.29, 0.717) is 10.1 Å². The molecule has 0 bridgehead atoms. The third-order valence-corrected chi connectivity index (χ3v) is 4.70. The zero-order valence-electron chi connectivity index (χ0n) is 12.4. The van der Waals surface area contributed by atoms with Gasteiger partial charge in [-0.15, -0.1) is 10.2 Å². The summed E-state index contributed by atoms with van der Waals surface area (Å²) in [5.41, 5.74) is 0.745. The zero-order valence-corrected chi connectivity index (χ0v) is 15.4. The molecular weight excluding hydrogens is 444 g/mol. The van der Waals surface area contributed by atoms with Crippen molar-refractivity contribution in [3.63, 3.8) is 0 Å². The van der Waals surface area contributed by atoms with Crippen LogP contribution in [0.5, 0.6) is 5.75 Å². The van der Waals surface area contributed by atoms with Crippen molar-refractivity contribution in [1.29, 1.82) is 0 Å². The molecule has 0 saturated carbocycles. The van der Waals surface area contributed by atoms with Crippen molar-refractivity contribution in [3.8, 4) is 16.3 Å². The monoisotopic (exact) mass is 455 g/mol. The number of nitrogens with one attached hydrogen (secondary N) is 1. The van der Waals surface area contributed by atoms with Crippen LogP contribution in [0, 0.1) is 9.39 Å².